The topological polar surface area (TPSA) is 194 Å². The molecule has 1 saturated heterocycles. The molecule has 3 aromatic carbocycles. The second-order valence-electron chi connectivity index (χ2n) is 15.9. The number of methoxy groups -OCH3 is 3. The molecule has 0 spiro atoms. The summed E-state index contributed by atoms with van der Waals surface area (Å²) >= 11 is 12.6. The van der Waals surface area contributed by atoms with Gasteiger partial charge >= 0.3 is 17.6 Å². The lowest BCUT2D eigenvalue weighted by Gasteiger charge is -2.49. The minimum Gasteiger partial charge on any atom is -0.508 e. The summed E-state index contributed by atoms with van der Waals surface area (Å²) in [5.41, 5.74) is -0.988. The molecule has 2 aliphatic heterocycles. The van der Waals surface area contributed by atoms with Gasteiger partial charge in [-0.05, 0) is 47.9 Å². The first-order valence-corrected chi connectivity index (χ1v) is 20.9. The number of allylic oxidation sites excluding steroid dienone is 2. The third-order valence-corrected chi connectivity index (χ3v) is 13.2. The summed E-state index contributed by atoms with van der Waals surface area (Å²) in [4.78, 5) is 81.4. The van der Waals surface area contributed by atoms with E-state index < -0.39 is 74.6 Å². The maximum atomic E-state index is 15.5. The predicted molar refractivity (Wildman–Crippen MR) is 232 cm³/mol. The highest BCUT2D eigenvalue weighted by Crippen LogP contribution is 2.64. The second kappa shape index (κ2) is 16.1. The molecular formula is C44H37Cl2F3N8O9. The lowest BCUT2D eigenvalue weighted by molar-refractivity contribution is -0.139. The van der Waals surface area contributed by atoms with Crippen LogP contribution in [0.25, 0.3) is 11.0 Å². The van der Waals surface area contributed by atoms with Crippen molar-refractivity contribution in [2.75, 3.05) is 26.8 Å². The van der Waals surface area contributed by atoms with E-state index >= 15 is 9.59 Å². The Morgan fingerprint density at radius 3 is 2.29 bits per heavy atom. The summed E-state index contributed by atoms with van der Waals surface area (Å²) in [6, 6.07) is 13.2. The average molecular weight is 950 g/mol. The van der Waals surface area contributed by atoms with Crippen LogP contribution in [-0.4, -0.2) is 71.7 Å². The van der Waals surface area contributed by atoms with Crippen molar-refractivity contribution in [1.29, 1.82) is 0 Å². The largest absolute Gasteiger partial charge is 0.508 e. The molecule has 2 fully saturated rings. The van der Waals surface area contributed by atoms with Crippen LogP contribution in [0, 0.1) is 5.92 Å². The van der Waals surface area contributed by atoms with Crippen LogP contribution in [0.3, 0.4) is 0 Å². The number of pyridine rings is 1. The van der Waals surface area contributed by atoms with E-state index in [0.29, 0.717) is 45.4 Å². The molecule has 5 heterocycles. The van der Waals surface area contributed by atoms with Crippen LogP contribution in [0.1, 0.15) is 40.8 Å². The highest BCUT2D eigenvalue weighted by atomic mass is 35.5. The molecule has 0 unspecified atom stereocenters. The van der Waals surface area contributed by atoms with E-state index in [1.807, 2.05) is 0 Å². The highest BCUT2D eigenvalue weighted by molar-refractivity contribution is 6.33. The van der Waals surface area contributed by atoms with Crippen LogP contribution in [0.4, 0.5) is 19.0 Å². The van der Waals surface area contributed by atoms with Crippen molar-refractivity contribution in [2.45, 2.75) is 49.5 Å². The van der Waals surface area contributed by atoms with Gasteiger partial charge in [-0.2, -0.15) is 18.2 Å². The van der Waals surface area contributed by atoms with E-state index in [2.05, 4.69) is 15.4 Å². The van der Waals surface area contributed by atoms with E-state index in [1.165, 1.54) is 59.5 Å². The van der Waals surface area contributed by atoms with Gasteiger partial charge in [0.25, 0.3) is 17.4 Å². The van der Waals surface area contributed by atoms with Crippen molar-refractivity contribution in [3.63, 3.8) is 0 Å². The molecule has 4 atom stereocenters. The van der Waals surface area contributed by atoms with Gasteiger partial charge in [0, 0.05) is 54.8 Å². The Hall–Kier alpha value is -7.06. The Morgan fingerprint density at radius 1 is 0.924 bits per heavy atom. The summed E-state index contributed by atoms with van der Waals surface area (Å²) in [5, 5.41) is 12.1. The van der Waals surface area contributed by atoms with Gasteiger partial charge in [0.15, 0.2) is 17.3 Å². The molecule has 1 aliphatic carbocycles. The Kier molecular flexibility index (Phi) is 10.8. The molecule has 3 aromatic heterocycles. The van der Waals surface area contributed by atoms with Gasteiger partial charge in [-0.3, -0.25) is 19.8 Å². The van der Waals surface area contributed by atoms with E-state index in [4.69, 9.17) is 37.4 Å². The maximum absolute atomic E-state index is 15.5. The number of halogens is 5. The molecule has 17 nitrogen and oxygen atoms in total. The molecule has 22 heteroatoms. The number of phenols is 1. The zero-order chi connectivity index (χ0) is 47.1. The number of aromatic nitrogens is 6. The van der Waals surface area contributed by atoms with Crippen LogP contribution in [-0.2, 0) is 47.7 Å². The van der Waals surface area contributed by atoms with Crippen LogP contribution < -0.4 is 36.6 Å². The van der Waals surface area contributed by atoms with Crippen molar-refractivity contribution in [2.24, 2.45) is 13.0 Å². The van der Waals surface area contributed by atoms with Gasteiger partial charge < -0.3 is 23.9 Å². The van der Waals surface area contributed by atoms with Crippen LogP contribution >= 0.6 is 23.2 Å². The number of hydrazine groups is 1. The van der Waals surface area contributed by atoms with Crippen molar-refractivity contribution in [3.8, 4) is 23.0 Å². The SMILES string of the molecule is COc1cc2nc(CCn3c(=O)n4n(c3=O)[C@@H]3C[C@H]5C(=O)N(Nc6ncc(C(F)(F)F)cc6Cl)C(=O)[C@@]5(c5ccc(Cl)cc5)[C@@H](c5c(O)cccc5OC)C3=CC4)c(=O)n(C)c2cc1OC. The zero-order valence-electron chi connectivity index (χ0n) is 35.2. The monoisotopic (exact) mass is 948 g/mol. The number of alkyl halides is 3. The minimum absolute atomic E-state index is 0.0546. The standard InChI is InChI=1S/C44H37Cl2F3N8O9/c1-53-30-19-34(66-4)33(65-3)18-28(30)51-27(39(53)60)13-14-54-41(62)55-15-12-24-29(57(55)42(54)63)17-25-38(59)56(52-37-26(46)16-22(20-50-37)44(47,48)49)40(61)43(25,21-8-10-23(45)11-9-21)36(24)35-31(58)6-5-7-32(35)64-2/h5-12,16,18-20,25,29,36,58H,13-15,17H2,1-4H3,(H,50,52)/t25-,29+,36+,43+/m0/s1. The van der Waals surface area contributed by atoms with E-state index in [0.717, 1.165) is 4.57 Å². The number of carbonyl (C=O) groups excluding carboxylic acids is 2. The Morgan fingerprint density at radius 2 is 1.62 bits per heavy atom. The summed E-state index contributed by atoms with van der Waals surface area (Å²) in [7, 11) is 5.81. The number of hydrogen-bond acceptors (Lipinski definition) is 12. The van der Waals surface area contributed by atoms with E-state index in [9.17, 15) is 32.7 Å². The van der Waals surface area contributed by atoms with Crippen molar-refractivity contribution in [1.82, 2.24) is 33.5 Å². The highest BCUT2D eigenvalue weighted by Gasteiger charge is 2.69. The molecule has 66 heavy (non-hydrogen) atoms. The van der Waals surface area contributed by atoms with Gasteiger partial charge in [-0.1, -0.05) is 47.5 Å². The fourth-order valence-corrected chi connectivity index (χ4v) is 10.0. The van der Waals surface area contributed by atoms with Crippen LogP contribution in [0.5, 0.6) is 23.0 Å². The van der Waals surface area contributed by atoms with Gasteiger partial charge in [-0.25, -0.2) is 33.5 Å². The lowest BCUT2D eigenvalue weighted by Crippen LogP contribution is -2.53. The molecule has 6 aromatic rings. The first-order valence-electron chi connectivity index (χ1n) is 20.2. The van der Waals surface area contributed by atoms with Gasteiger partial charge in [0.05, 0.1) is 66.9 Å². The molecule has 342 valence electrons. The molecule has 3 aliphatic rings. The number of nitrogens with zero attached hydrogens (tertiary/aromatic N) is 7. The Bertz CT molecular complexity index is 3240. The Balaban J connectivity index is 1.19. The maximum Gasteiger partial charge on any atom is 0.417 e. The summed E-state index contributed by atoms with van der Waals surface area (Å²) in [6.45, 7) is -0.480. The zero-order valence-corrected chi connectivity index (χ0v) is 36.7. The third-order valence-electron chi connectivity index (χ3n) is 12.7. The van der Waals surface area contributed by atoms with Crippen LogP contribution in [0.2, 0.25) is 10.0 Å². The van der Waals surface area contributed by atoms with Gasteiger partial charge in [-0.15, -0.1) is 0 Å². The first-order chi connectivity index (χ1) is 31.5. The molecule has 1 saturated carbocycles. The Labute approximate surface area is 380 Å². The van der Waals surface area contributed by atoms with Crippen LogP contribution in [0.15, 0.2) is 92.9 Å². The minimum atomic E-state index is -4.80. The van der Waals surface area contributed by atoms with E-state index in [-0.39, 0.29) is 59.3 Å². The summed E-state index contributed by atoms with van der Waals surface area (Å²) in [5.74, 6) is -4.41. The molecule has 0 bridgehead atoms. The number of carbonyl (C=O) groups is 2. The number of amides is 2. The number of phenolic OH excluding ortho intramolecular Hbond substituents is 1. The molecule has 2 amide bonds. The quantitative estimate of drug-likeness (QED) is 0.132. The van der Waals surface area contributed by atoms with E-state index in [1.54, 1.807) is 43.5 Å². The first kappa shape index (κ1) is 44.2. The average Bonchev–Trinajstić information content (AvgIpc) is 3.66. The van der Waals surface area contributed by atoms with Gasteiger partial charge in [0.2, 0.25) is 0 Å². The van der Waals surface area contributed by atoms with Gasteiger partial charge in [0.1, 0.15) is 17.2 Å². The predicted octanol–water partition coefficient (Wildman–Crippen LogP) is 5.37. The number of imide groups is 1. The number of rotatable bonds is 10. The smallest absolute Gasteiger partial charge is 0.417 e. The van der Waals surface area contributed by atoms with Crippen molar-refractivity contribution < 1.29 is 42.1 Å². The number of aryl methyl sites for hydroxylation is 2. The van der Waals surface area contributed by atoms with Crippen molar-refractivity contribution in [3.05, 3.63) is 142 Å². The van der Waals surface area contributed by atoms with Crippen molar-refractivity contribution >= 4 is 51.9 Å². The number of ether oxygens (including phenoxy) is 3. The third kappa shape index (κ3) is 6.63. The molecule has 0 radical (unpaired) electrons. The number of aromatic hydroxyl groups is 1. The number of fused-ring (bicyclic) bond motifs is 5. The second-order valence-corrected chi connectivity index (χ2v) is 16.7. The summed E-state index contributed by atoms with van der Waals surface area (Å²) < 4.78 is 62.1. The number of hydrogen-bond donors (Lipinski definition) is 2. The molecule has 9 rings (SSSR count). The fourth-order valence-electron chi connectivity index (χ4n) is 9.69. The molecular weight excluding hydrogens is 912 g/mol. The number of nitrogens with one attached hydrogen (secondary N) is 1. The number of benzene rings is 3. The normalized spacial score (nSPS) is 20.2. The summed E-state index contributed by atoms with van der Waals surface area (Å²) in [6.07, 6.45) is -3.07. The number of anilines is 1. The molecule has 2 N–H and O–H groups in total. The fraction of sp³-hybridized carbons (Fsp3) is 0.295. The lowest BCUT2D eigenvalue weighted by atomic mass is 9.53.